The highest BCUT2D eigenvalue weighted by molar-refractivity contribution is 7.07. The number of nitrogens with zero attached hydrogens (tertiary/aromatic N) is 2. The van der Waals surface area contributed by atoms with Gasteiger partial charge in [-0.1, -0.05) is 18.2 Å². The fourth-order valence-electron chi connectivity index (χ4n) is 3.32. The van der Waals surface area contributed by atoms with Crippen LogP contribution in [0.1, 0.15) is 23.2 Å². The maximum absolute atomic E-state index is 11.6. The van der Waals surface area contributed by atoms with Crippen LogP contribution in [0.2, 0.25) is 0 Å². The first kappa shape index (κ1) is 18.5. The van der Waals surface area contributed by atoms with Crippen LogP contribution in [0.5, 0.6) is 5.75 Å². The van der Waals surface area contributed by atoms with Gasteiger partial charge >= 0.3 is 0 Å². The normalized spacial score (nSPS) is 17.1. The van der Waals surface area contributed by atoms with Crippen molar-refractivity contribution in [3.63, 3.8) is 0 Å². The van der Waals surface area contributed by atoms with Crippen molar-refractivity contribution in [3.05, 3.63) is 64.3 Å². The minimum absolute atomic E-state index is 0.105. The van der Waals surface area contributed by atoms with E-state index in [0.717, 1.165) is 41.2 Å². The van der Waals surface area contributed by atoms with Gasteiger partial charge in [-0.05, 0) is 43.2 Å². The Morgan fingerprint density at radius 1 is 1.29 bits per heavy atom. The summed E-state index contributed by atoms with van der Waals surface area (Å²) in [6, 6.07) is 14.7. The standard InChI is InChI=1S/C21H21N3O3S/c22-20(26)17-11-14(8-9-19(17)25)18-13-28-21(23-15-5-2-1-3-6-15)24(18)12-16-7-4-10-27-16/h1-3,5-6,8-9,11,13,16,25H,4,7,10,12H2,(H2,22,26)/t16-/m1/s1. The number of benzene rings is 2. The van der Waals surface area contributed by atoms with Crippen molar-refractivity contribution >= 4 is 22.9 Å². The van der Waals surface area contributed by atoms with Crippen LogP contribution in [-0.4, -0.2) is 28.3 Å². The summed E-state index contributed by atoms with van der Waals surface area (Å²) in [6.45, 7) is 1.46. The zero-order valence-electron chi connectivity index (χ0n) is 15.2. The molecular formula is C21H21N3O3S. The molecule has 0 bridgehead atoms. The van der Waals surface area contributed by atoms with Crippen LogP contribution in [0.15, 0.2) is 58.9 Å². The summed E-state index contributed by atoms with van der Waals surface area (Å²) < 4.78 is 7.95. The number of phenols is 1. The Kier molecular flexibility index (Phi) is 5.27. The Labute approximate surface area is 166 Å². The summed E-state index contributed by atoms with van der Waals surface area (Å²) in [6.07, 6.45) is 2.20. The van der Waals surface area contributed by atoms with E-state index < -0.39 is 5.91 Å². The topological polar surface area (TPSA) is 89.8 Å². The highest BCUT2D eigenvalue weighted by atomic mass is 32.1. The summed E-state index contributed by atoms with van der Waals surface area (Å²) in [5.41, 5.74) is 8.09. The number of nitrogens with two attached hydrogens (primary N) is 1. The first-order chi connectivity index (χ1) is 13.6. The molecule has 144 valence electrons. The molecule has 1 saturated heterocycles. The number of carbonyl (C=O) groups is 1. The number of primary amides is 1. The summed E-state index contributed by atoms with van der Waals surface area (Å²) in [4.78, 5) is 17.3. The third-order valence-electron chi connectivity index (χ3n) is 4.75. The first-order valence-electron chi connectivity index (χ1n) is 9.15. The van der Waals surface area contributed by atoms with E-state index in [0.29, 0.717) is 6.54 Å². The van der Waals surface area contributed by atoms with Crippen molar-refractivity contribution in [2.24, 2.45) is 10.7 Å². The van der Waals surface area contributed by atoms with Gasteiger partial charge in [0.05, 0.1) is 29.6 Å². The molecule has 1 atom stereocenters. The third-order valence-corrected chi connectivity index (χ3v) is 5.61. The smallest absolute Gasteiger partial charge is 0.252 e. The molecule has 0 spiro atoms. The van der Waals surface area contributed by atoms with E-state index in [1.165, 1.54) is 17.4 Å². The molecule has 3 N–H and O–H groups in total. The Hall–Kier alpha value is -2.90. The predicted molar refractivity (Wildman–Crippen MR) is 109 cm³/mol. The Balaban J connectivity index is 1.82. The lowest BCUT2D eigenvalue weighted by Gasteiger charge is -2.14. The Bertz CT molecular complexity index is 1050. The zero-order valence-corrected chi connectivity index (χ0v) is 16.1. The lowest BCUT2D eigenvalue weighted by Crippen LogP contribution is -2.24. The van der Waals surface area contributed by atoms with Gasteiger partial charge in [0.2, 0.25) is 0 Å². The van der Waals surface area contributed by atoms with Crippen LogP contribution in [-0.2, 0) is 11.3 Å². The van der Waals surface area contributed by atoms with Crippen LogP contribution in [0.4, 0.5) is 5.69 Å². The van der Waals surface area contributed by atoms with Crippen molar-refractivity contribution in [2.45, 2.75) is 25.5 Å². The van der Waals surface area contributed by atoms with Crippen LogP contribution in [0.3, 0.4) is 0 Å². The van der Waals surface area contributed by atoms with Gasteiger partial charge in [-0.25, -0.2) is 4.99 Å². The monoisotopic (exact) mass is 395 g/mol. The molecule has 1 fully saturated rings. The average molecular weight is 395 g/mol. The summed E-state index contributed by atoms with van der Waals surface area (Å²) in [7, 11) is 0. The second-order valence-corrected chi connectivity index (χ2v) is 7.53. The molecule has 2 heterocycles. The quantitative estimate of drug-likeness (QED) is 0.693. The van der Waals surface area contributed by atoms with Crippen molar-refractivity contribution in [3.8, 4) is 17.0 Å². The van der Waals surface area contributed by atoms with Gasteiger partial charge in [0.15, 0.2) is 4.80 Å². The highest BCUT2D eigenvalue weighted by Crippen LogP contribution is 2.27. The molecule has 1 aliphatic heterocycles. The largest absolute Gasteiger partial charge is 0.507 e. The number of carbonyl (C=O) groups excluding carboxylic acids is 1. The van der Waals surface area contributed by atoms with Gasteiger partial charge in [-0.15, -0.1) is 11.3 Å². The molecule has 7 heteroatoms. The fraction of sp³-hybridized carbons (Fsp3) is 0.238. The molecule has 2 aromatic carbocycles. The molecule has 4 rings (SSSR count). The maximum atomic E-state index is 11.6. The van der Waals surface area contributed by atoms with Crippen molar-refractivity contribution in [2.75, 3.05) is 6.61 Å². The second-order valence-electron chi connectivity index (χ2n) is 6.69. The molecule has 1 amide bonds. The number of rotatable bonds is 5. The number of thiazole rings is 1. The number of aromatic hydroxyl groups is 1. The molecule has 28 heavy (non-hydrogen) atoms. The molecule has 0 radical (unpaired) electrons. The lowest BCUT2D eigenvalue weighted by molar-refractivity contribution is 0.0967. The number of amides is 1. The number of ether oxygens (including phenoxy) is 1. The molecule has 3 aromatic rings. The summed E-state index contributed by atoms with van der Waals surface area (Å²) in [5.74, 6) is -0.777. The molecule has 1 aliphatic rings. The van der Waals surface area contributed by atoms with Crippen LogP contribution >= 0.6 is 11.3 Å². The number of aromatic nitrogens is 1. The van der Waals surface area contributed by atoms with Crippen molar-refractivity contribution in [1.29, 1.82) is 0 Å². The summed E-state index contributed by atoms with van der Waals surface area (Å²) in [5, 5.41) is 11.9. The number of hydrogen-bond donors (Lipinski definition) is 2. The van der Waals surface area contributed by atoms with Gasteiger partial charge in [0.25, 0.3) is 5.91 Å². The molecule has 1 aromatic heterocycles. The number of hydrogen-bond acceptors (Lipinski definition) is 5. The van der Waals surface area contributed by atoms with Gasteiger partial charge in [0.1, 0.15) is 5.75 Å². The van der Waals surface area contributed by atoms with E-state index in [2.05, 4.69) is 4.57 Å². The third kappa shape index (κ3) is 3.85. The van der Waals surface area contributed by atoms with Gasteiger partial charge in [-0.2, -0.15) is 0 Å². The van der Waals surface area contributed by atoms with E-state index in [1.54, 1.807) is 12.1 Å². The molecule has 6 nitrogen and oxygen atoms in total. The molecular weight excluding hydrogens is 374 g/mol. The van der Waals surface area contributed by atoms with E-state index in [-0.39, 0.29) is 17.4 Å². The molecule has 0 saturated carbocycles. The molecule has 0 unspecified atom stereocenters. The van der Waals surface area contributed by atoms with Gasteiger partial charge in [-0.3, -0.25) is 4.79 Å². The van der Waals surface area contributed by atoms with E-state index in [9.17, 15) is 9.90 Å². The highest BCUT2D eigenvalue weighted by Gasteiger charge is 2.20. The minimum Gasteiger partial charge on any atom is -0.507 e. The predicted octanol–water partition coefficient (Wildman–Crippen LogP) is 3.43. The van der Waals surface area contributed by atoms with Crippen LogP contribution in [0, 0.1) is 0 Å². The average Bonchev–Trinajstić information content (AvgIpc) is 3.34. The van der Waals surface area contributed by atoms with E-state index in [4.69, 9.17) is 15.5 Å². The Morgan fingerprint density at radius 3 is 2.82 bits per heavy atom. The zero-order chi connectivity index (χ0) is 19.5. The van der Waals surface area contributed by atoms with Crippen LogP contribution in [0.25, 0.3) is 11.3 Å². The number of para-hydroxylation sites is 1. The second kappa shape index (κ2) is 8.00. The van der Waals surface area contributed by atoms with Crippen LogP contribution < -0.4 is 10.5 Å². The SMILES string of the molecule is NC(=O)c1cc(-c2csc(=Nc3ccccc3)n2C[C@H]2CCCO2)ccc1O. The van der Waals surface area contributed by atoms with E-state index >= 15 is 0 Å². The summed E-state index contributed by atoms with van der Waals surface area (Å²) >= 11 is 1.53. The molecule has 0 aliphatic carbocycles. The first-order valence-corrected chi connectivity index (χ1v) is 10.0. The minimum atomic E-state index is -0.658. The fourth-order valence-corrected chi connectivity index (χ4v) is 4.26. The van der Waals surface area contributed by atoms with Gasteiger partial charge < -0.3 is 20.1 Å². The van der Waals surface area contributed by atoms with Crippen molar-refractivity contribution < 1.29 is 14.6 Å². The Morgan fingerprint density at radius 2 is 2.11 bits per heavy atom. The maximum Gasteiger partial charge on any atom is 0.252 e. The lowest BCUT2D eigenvalue weighted by atomic mass is 10.1. The van der Waals surface area contributed by atoms with Crippen molar-refractivity contribution in [1.82, 2.24) is 4.57 Å². The van der Waals surface area contributed by atoms with E-state index in [1.807, 2.05) is 35.7 Å². The van der Waals surface area contributed by atoms with Gasteiger partial charge in [0, 0.05) is 17.6 Å².